The van der Waals surface area contributed by atoms with Gasteiger partial charge in [-0.2, -0.15) is 0 Å². The van der Waals surface area contributed by atoms with Gasteiger partial charge in [-0.05, 0) is 19.1 Å². The molecule has 1 aromatic rings. The van der Waals surface area contributed by atoms with Crippen molar-refractivity contribution in [3.8, 4) is 5.75 Å². The molecule has 0 fully saturated rings. The molecule has 0 saturated carbocycles. The summed E-state index contributed by atoms with van der Waals surface area (Å²) in [6.07, 6.45) is 0. The lowest BCUT2D eigenvalue weighted by atomic mass is 10.3. The molecule has 0 amide bonds. The Labute approximate surface area is 93.4 Å². The smallest absolute Gasteiger partial charge is 0.325 e. The normalized spacial score (nSPS) is 9.69. The van der Waals surface area contributed by atoms with Crippen LogP contribution in [0.25, 0.3) is 0 Å². The molecule has 0 aliphatic rings. The molecule has 5 heteroatoms. The third-order valence-electron chi connectivity index (χ3n) is 1.89. The van der Waals surface area contributed by atoms with Gasteiger partial charge in [0.1, 0.15) is 18.1 Å². The predicted octanol–water partition coefficient (Wildman–Crippen LogP) is 1.81. The van der Waals surface area contributed by atoms with Gasteiger partial charge in [-0.25, -0.2) is 4.39 Å². The molecule has 1 rings (SSSR count). The Bertz CT molecular complexity index is 368. The van der Waals surface area contributed by atoms with E-state index in [0.29, 0.717) is 18.0 Å². The van der Waals surface area contributed by atoms with Crippen LogP contribution >= 0.6 is 0 Å². The summed E-state index contributed by atoms with van der Waals surface area (Å²) in [5, 5.41) is 2.75. The monoisotopic (exact) mass is 227 g/mol. The van der Waals surface area contributed by atoms with Gasteiger partial charge >= 0.3 is 5.97 Å². The zero-order valence-corrected chi connectivity index (χ0v) is 9.25. The van der Waals surface area contributed by atoms with Crippen molar-refractivity contribution in [1.82, 2.24) is 0 Å². The van der Waals surface area contributed by atoms with E-state index in [-0.39, 0.29) is 6.54 Å². The van der Waals surface area contributed by atoms with Crippen molar-refractivity contribution < 1.29 is 18.7 Å². The number of hydrogen-bond donors (Lipinski definition) is 1. The molecule has 0 bridgehead atoms. The Kier molecular flexibility index (Phi) is 4.57. The Balaban J connectivity index is 2.65. The van der Waals surface area contributed by atoms with Gasteiger partial charge < -0.3 is 14.8 Å². The highest BCUT2D eigenvalue weighted by atomic mass is 19.1. The fraction of sp³-hybridized carbons (Fsp3) is 0.364. The number of carbonyl (C=O) groups excluding carboxylic acids is 1. The Hall–Kier alpha value is -1.78. The van der Waals surface area contributed by atoms with Crippen LogP contribution in [0.2, 0.25) is 0 Å². The van der Waals surface area contributed by atoms with Crippen molar-refractivity contribution in [2.75, 3.05) is 25.6 Å². The number of nitrogens with one attached hydrogen (secondary N) is 1. The maximum atomic E-state index is 12.9. The summed E-state index contributed by atoms with van der Waals surface area (Å²) in [5.74, 6) is -0.313. The van der Waals surface area contributed by atoms with Crippen molar-refractivity contribution in [3.05, 3.63) is 24.0 Å². The number of methoxy groups -OCH3 is 1. The lowest BCUT2D eigenvalue weighted by Crippen LogP contribution is -2.17. The van der Waals surface area contributed by atoms with Crippen molar-refractivity contribution in [1.29, 1.82) is 0 Å². The molecule has 0 spiro atoms. The molecule has 0 aromatic heterocycles. The first-order valence-electron chi connectivity index (χ1n) is 4.90. The molecule has 0 radical (unpaired) electrons. The van der Waals surface area contributed by atoms with Crippen LogP contribution in [0.3, 0.4) is 0 Å². The third-order valence-corrected chi connectivity index (χ3v) is 1.89. The molecule has 0 heterocycles. The molecule has 1 N–H and O–H groups in total. The molecule has 0 saturated heterocycles. The highest BCUT2D eigenvalue weighted by Crippen LogP contribution is 2.24. The first-order valence-corrected chi connectivity index (χ1v) is 4.90. The lowest BCUT2D eigenvalue weighted by Gasteiger charge is -2.10. The summed E-state index contributed by atoms with van der Waals surface area (Å²) in [5.41, 5.74) is 0.426. The van der Waals surface area contributed by atoms with Crippen LogP contribution < -0.4 is 10.1 Å². The molecule has 0 atom stereocenters. The minimum atomic E-state index is -0.396. The molecule has 4 nitrogen and oxygen atoms in total. The van der Waals surface area contributed by atoms with Crippen molar-refractivity contribution in [2.24, 2.45) is 0 Å². The minimum Gasteiger partial charge on any atom is -0.495 e. The van der Waals surface area contributed by atoms with Crippen LogP contribution in [-0.4, -0.2) is 26.2 Å². The molecular formula is C11H14FNO3. The maximum absolute atomic E-state index is 12.9. The maximum Gasteiger partial charge on any atom is 0.325 e. The van der Waals surface area contributed by atoms with Gasteiger partial charge in [0.05, 0.1) is 19.4 Å². The Morgan fingerprint density at radius 2 is 2.25 bits per heavy atom. The summed E-state index contributed by atoms with van der Waals surface area (Å²) in [6, 6.07) is 4.04. The van der Waals surface area contributed by atoms with E-state index in [1.54, 1.807) is 6.92 Å². The third kappa shape index (κ3) is 3.42. The molecular weight excluding hydrogens is 213 g/mol. The summed E-state index contributed by atoms with van der Waals surface area (Å²) in [4.78, 5) is 11.1. The quantitative estimate of drug-likeness (QED) is 0.779. The number of benzene rings is 1. The highest BCUT2D eigenvalue weighted by Gasteiger charge is 2.06. The van der Waals surface area contributed by atoms with E-state index in [0.717, 1.165) is 0 Å². The van der Waals surface area contributed by atoms with Gasteiger partial charge in [0, 0.05) is 6.07 Å². The van der Waals surface area contributed by atoms with Crippen LogP contribution in [0.1, 0.15) is 6.92 Å². The van der Waals surface area contributed by atoms with Gasteiger partial charge in [0.15, 0.2) is 0 Å². The van der Waals surface area contributed by atoms with Crippen molar-refractivity contribution in [2.45, 2.75) is 6.92 Å². The number of anilines is 1. The van der Waals surface area contributed by atoms with E-state index >= 15 is 0 Å². The summed E-state index contributed by atoms with van der Waals surface area (Å²) in [7, 11) is 1.47. The van der Waals surface area contributed by atoms with Gasteiger partial charge in [0.25, 0.3) is 0 Å². The minimum absolute atomic E-state index is 0.0202. The van der Waals surface area contributed by atoms with Crippen LogP contribution in [0.4, 0.5) is 10.1 Å². The lowest BCUT2D eigenvalue weighted by molar-refractivity contribution is -0.140. The van der Waals surface area contributed by atoms with Crippen LogP contribution in [0.5, 0.6) is 5.75 Å². The SMILES string of the molecule is CCOC(=O)CNc1cc(F)ccc1OC. The van der Waals surface area contributed by atoms with Crippen LogP contribution in [-0.2, 0) is 9.53 Å². The van der Waals surface area contributed by atoms with E-state index < -0.39 is 11.8 Å². The first kappa shape index (κ1) is 12.3. The van der Waals surface area contributed by atoms with E-state index in [1.165, 1.54) is 25.3 Å². The molecule has 88 valence electrons. The number of halogens is 1. The highest BCUT2D eigenvalue weighted by molar-refractivity contribution is 5.75. The fourth-order valence-corrected chi connectivity index (χ4v) is 1.20. The standard InChI is InChI=1S/C11H14FNO3/c1-3-16-11(14)7-13-9-6-8(12)4-5-10(9)15-2/h4-6,13H,3,7H2,1-2H3. The average Bonchev–Trinajstić information content (AvgIpc) is 2.27. The van der Waals surface area contributed by atoms with E-state index in [9.17, 15) is 9.18 Å². The van der Waals surface area contributed by atoms with Crippen molar-refractivity contribution >= 4 is 11.7 Å². The fourth-order valence-electron chi connectivity index (χ4n) is 1.20. The summed E-state index contributed by atoms with van der Waals surface area (Å²) in [6.45, 7) is 2.02. The Morgan fingerprint density at radius 3 is 2.88 bits per heavy atom. The molecule has 16 heavy (non-hydrogen) atoms. The topological polar surface area (TPSA) is 47.6 Å². The van der Waals surface area contributed by atoms with Crippen molar-refractivity contribution in [3.63, 3.8) is 0 Å². The molecule has 0 aliphatic carbocycles. The number of rotatable bonds is 5. The number of ether oxygens (including phenoxy) is 2. The van der Waals surface area contributed by atoms with Gasteiger partial charge in [-0.1, -0.05) is 0 Å². The van der Waals surface area contributed by atoms with Gasteiger partial charge in [0.2, 0.25) is 0 Å². The second kappa shape index (κ2) is 5.95. The number of hydrogen-bond acceptors (Lipinski definition) is 4. The second-order valence-electron chi connectivity index (χ2n) is 3.00. The predicted molar refractivity (Wildman–Crippen MR) is 58.1 cm³/mol. The zero-order valence-electron chi connectivity index (χ0n) is 9.25. The van der Waals surface area contributed by atoms with Gasteiger partial charge in [-0.3, -0.25) is 4.79 Å². The summed E-state index contributed by atoms with van der Waals surface area (Å²) < 4.78 is 22.7. The number of carbonyl (C=O) groups is 1. The van der Waals surface area contributed by atoms with Crippen LogP contribution in [0.15, 0.2) is 18.2 Å². The van der Waals surface area contributed by atoms with Gasteiger partial charge in [-0.15, -0.1) is 0 Å². The van der Waals surface area contributed by atoms with E-state index in [4.69, 9.17) is 9.47 Å². The first-order chi connectivity index (χ1) is 7.67. The average molecular weight is 227 g/mol. The van der Waals surface area contributed by atoms with E-state index in [2.05, 4.69) is 5.32 Å². The largest absolute Gasteiger partial charge is 0.495 e. The number of esters is 1. The Morgan fingerprint density at radius 1 is 1.50 bits per heavy atom. The summed E-state index contributed by atoms with van der Waals surface area (Å²) >= 11 is 0. The molecule has 1 aromatic carbocycles. The second-order valence-corrected chi connectivity index (χ2v) is 3.00. The molecule has 0 aliphatic heterocycles. The molecule has 0 unspecified atom stereocenters. The van der Waals surface area contributed by atoms with E-state index in [1.807, 2.05) is 0 Å². The zero-order chi connectivity index (χ0) is 12.0. The van der Waals surface area contributed by atoms with Crippen LogP contribution in [0, 0.1) is 5.82 Å².